The molecular weight excluding hydrogens is 172 g/mol. The van der Waals surface area contributed by atoms with Crippen molar-refractivity contribution < 1.29 is 0 Å². The Bertz CT molecular complexity index is 158. The second-order valence-corrected chi connectivity index (χ2v) is 5.15. The highest BCUT2D eigenvalue weighted by Gasteiger charge is 2.30. The molecule has 0 spiro atoms. The van der Waals surface area contributed by atoms with Gasteiger partial charge in [-0.25, -0.2) is 0 Å². The first kappa shape index (κ1) is 12.0. The monoisotopic (exact) mass is 198 g/mol. The van der Waals surface area contributed by atoms with Crippen LogP contribution >= 0.6 is 0 Å². The molecule has 0 heterocycles. The van der Waals surface area contributed by atoms with Crippen molar-refractivity contribution in [1.82, 2.24) is 4.90 Å². The van der Waals surface area contributed by atoms with Gasteiger partial charge in [0.2, 0.25) is 0 Å². The van der Waals surface area contributed by atoms with Crippen molar-refractivity contribution in [2.75, 3.05) is 0 Å². The van der Waals surface area contributed by atoms with Gasteiger partial charge in [0.25, 0.3) is 0 Å². The van der Waals surface area contributed by atoms with Crippen LogP contribution in [0, 0.1) is 0 Å². The van der Waals surface area contributed by atoms with Crippen molar-refractivity contribution >= 4 is 0 Å². The van der Waals surface area contributed by atoms with Crippen LogP contribution in [-0.4, -0.2) is 29.1 Å². The fraction of sp³-hybridized carbons (Fsp3) is 1.00. The van der Waals surface area contributed by atoms with E-state index in [4.69, 9.17) is 5.73 Å². The van der Waals surface area contributed by atoms with E-state index in [-0.39, 0.29) is 0 Å². The predicted octanol–water partition coefficient (Wildman–Crippen LogP) is 2.38. The van der Waals surface area contributed by atoms with E-state index in [9.17, 15) is 0 Å². The summed E-state index contributed by atoms with van der Waals surface area (Å²) in [6.07, 6.45) is 5.17. The summed E-state index contributed by atoms with van der Waals surface area (Å²) in [6.45, 7) is 9.12. The molecule has 1 saturated carbocycles. The number of rotatable bonds is 3. The van der Waals surface area contributed by atoms with Gasteiger partial charge in [0, 0.05) is 24.2 Å². The molecule has 0 bridgehead atoms. The maximum absolute atomic E-state index is 6.21. The molecule has 1 rings (SSSR count). The molecule has 2 atom stereocenters. The van der Waals surface area contributed by atoms with Crippen molar-refractivity contribution in [2.24, 2.45) is 5.73 Å². The summed E-state index contributed by atoms with van der Waals surface area (Å²) in [5, 5.41) is 0. The Morgan fingerprint density at radius 3 is 1.93 bits per heavy atom. The lowest BCUT2D eigenvalue weighted by Gasteiger charge is -2.43. The Balaban J connectivity index is 2.65. The van der Waals surface area contributed by atoms with E-state index >= 15 is 0 Å². The molecule has 1 aliphatic carbocycles. The van der Waals surface area contributed by atoms with E-state index in [0.29, 0.717) is 24.2 Å². The first-order valence-electron chi connectivity index (χ1n) is 6.07. The molecule has 2 nitrogen and oxygen atoms in total. The third kappa shape index (κ3) is 2.71. The molecule has 0 aromatic heterocycles. The van der Waals surface area contributed by atoms with Crippen LogP contribution in [0.1, 0.15) is 53.4 Å². The van der Waals surface area contributed by atoms with Gasteiger partial charge in [-0.15, -0.1) is 0 Å². The Labute approximate surface area is 88.8 Å². The summed E-state index contributed by atoms with van der Waals surface area (Å²) in [7, 11) is 0. The second-order valence-electron chi connectivity index (χ2n) is 5.15. The first-order chi connectivity index (χ1) is 6.54. The highest BCUT2D eigenvalue weighted by Crippen LogP contribution is 2.25. The fourth-order valence-electron chi connectivity index (χ4n) is 2.87. The van der Waals surface area contributed by atoms with Gasteiger partial charge < -0.3 is 5.73 Å². The summed E-state index contributed by atoms with van der Waals surface area (Å²) >= 11 is 0. The summed E-state index contributed by atoms with van der Waals surface area (Å²) in [5.41, 5.74) is 6.21. The van der Waals surface area contributed by atoms with Crippen LogP contribution in [0.4, 0.5) is 0 Å². The maximum Gasteiger partial charge on any atom is 0.0252 e. The first-order valence-corrected chi connectivity index (χ1v) is 6.07. The zero-order valence-corrected chi connectivity index (χ0v) is 10.2. The molecule has 0 aromatic rings. The minimum atomic E-state index is 0.397. The zero-order chi connectivity index (χ0) is 10.7. The smallest absolute Gasteiger partial charge is 0.0252 e. The van der Waals surface area contributed by atoms with E-state index < -0.39 is 0 Å². The number of nitrogens with zero attached hydrogens (tertiary/aromatic N) is 1. The van der Waals surface area contributed by atoms with Crippen LogP contribution in [0.2, 0.25) is 0 Å². The van der Waals surface area contributed by atoms with Gasteiger partial charge in [0.1, 0.15) is 0 Å². The Kier molecular flexibility index (Phi) is 4.39. The van der Waals surface area contributed by atoms with Gasteiger partial charge in [-0.05, 0) is 40.5 Å². The molecule has 2 N–H and O–H groups in total. The third-order valence-electron chi connectivity index (χ3n) is 3.36. The molecule has 14 heavy (non-hydrogen) atoms. The number of nitrogens with two attached hydrogens (primary N) is 1. The molecule has 0 radical (unpaired) electrons. The summed E-state index contributed by atoms with van der Waals surface area (Å²) in [5.74, 6) is 0. The normalized spacial score (nSPS) is 29.1. The van der Waals surface area contributed by atoms with Crippen LogP contribution in [0.3, 0.4) is 0 Å². The maximum atomic E-state index is 6.21. The van der Waals surface area contributed by atoms with Gasteiger partial charge in [-0.2, -0.15) is 0 Å². The lowest BCUT2D eigenvalue weighted by molar-refractivity contribution is 0.0732. The van der Waals surface area contributed by atoms with Gasteiger partial charge >= 0.3 is 0 Å². The highest BCUT2D eigenvalue weighted by atomic mass is 15.2. The largest absolute Gasteiger partial charge is 0.326 e. The van der Waals surface area contributed by atoms with Gasteiger partial charge in [0.15, 0.2) is 0 Å². The average molecular weight is 198 g/mol. The summed E-state index contributed by atoms with van der Waals surface area (Å²) in [6, 6.07) is 2.24. The molecule has 1 aliphatic rings. The molecule has 1 fully saturated rings. The van der Waals surface area contributed by atoms with Crippen LogP contribution in [0.5, 0.6) is 0 Å². The van der Waals surface area contributed by atoms with Crippen molar-refractivity contribution in [3.05, 3.63) is 0 Å². The molecule has 0 aromatic carbocycles. The zero-order valence-electron chi connectivity index (χ0n) is 10.2. The van der Waals surface area contributed by atoms with Crippen LogP contribution in [0.15, 0.2) is 0 Å². The number of hydrogen-bond acceptors (Lipinski definition) is 2. The van der Waals surface area contributed by atoms with Crippen LogP contribution in [0.25, 0.3) is 0 Å². The topological polar surface area (TPSA) is 29.3 Å². The molecule has 2 heteroatoms. The average Bonchev–Trinajstić information content (AvgIpc) is 2.07. The quantitative estimate of drug-likeness (QED) is 0.754. The Hall–Kier alpha value is -0.0800. The molecule has 0 amide bonds. The van der Waals surface area contributed by atoms with Crippen molar-refractivity contribution in [3.63, 3.8) is 0 Å². The van der Waals surface area contributed by atoms with Gasteiger partial charge in [0.05, 0.1) is 0 Å². The summed E-state index contributed by atoms with van der Waals surface area (Å²) in [4.78, 5) is 2.59. The van der Waals surface area contributed by atoms with Crippen molar-refractivity contribution in [1.29, 1.82) is 0 Å². The summed E-state index contributed by atoms with van der Waals surface area (Å²) < 4.78 is 0. The SMILES string of the molecule is CC(C)N(C(C)C)C1CCCCC1N. The van der Waals surface area contributed by atoms with Crippen molar-refractivity contribution in [2.45, 2.75) is 77.5 Å². The molecule has 84 valence electrons. The van der Waals surface area contributed by atoms with Crippen molar-refractivity contribution in [3.8, 4) is 0 Å². The Morgan fingerprint density at radius 2 is 1.50 bits per heavy atom. The fourth-order valence-corrected chi connectivity index (χ4v) is 2.87. The predicted molar refractivity (Wildman–Crippen MR) is 62.3 cm³/mol. The Morgan fingerprint density at radius 1 is 1.00 bits per heavy atom. The van der Waals surface area contributed by atoms with E-state index in [1.54, 1.807) is 0 Å². The highest BCUT2D eigenvalue weighted by molar-refractivity contribution is 4.88. The standard InChI is InChI=1S/C12H26N2/c1-9(2)14(10(3)4)12-8-6-5-7-11(12)13/h9-12H,5-8,13H2,1-4H3. The minimum Gasteiger partial charge on any atom is -0.326 e. The van der Waals surface area contributed by atoms with E-state index in [1.165, 1.54) is 25.7 Å². The lowest BCUT2D eigenvalue weighted by atomic mass is 9.88. The van der Waals surface area contributed by atoms with E-state index in [1.807, 2.05) is 0 Å². The minimum absolute atomic E-state index is 0.397. The van der Waals surface area contributed by atoms with E-state index in [2.05, 4.69) is 32.6 Å². The molecule has 0 aliphatic heterocycles. The van der Waals surface area contributed by atoms with Crippen LogP contribution in [-0.2, 0) is 0 Å². The lowest BCUT2D eigenvalue weighted by Crippen LogP contribution is -2.54. The van der Waals surface area contributed by atoms with Gasteiger partial charge in [-0.3, -0.25) is 4.90 Å². The number of hydrogen-bond donors (Lipinski definition) is 1. The van der Waals surface area contributed by atoms with Gasteiger partial charge in [-0.1, -0.05) is 12.8 Å². The third-order valence-corrected chi connectivity index (χ3v) is 3.36. The van der Waals surface area contributed by atoms with E-state index in [0.717, 1.165) is 0 Å². The molecular formula is C12H26N2. The molecule has 0 saturated heterocycles. The second kappa shape index (κ2) is 5.13. The van der Waals surface area contributed by atoms with Crippen LogP contribution < -0.4 is 5.73 Å². The molecule has 2 unspecified atom stereocenters.